The van der Waals surface area contributed by atoms with Gasteiger partial charge in [0.2, 0.25) is 0 Å². The fourth-order valence-electron chi connectivity index (χ4n) is 1.99. The lowest BCUT2D eigenvalue weighted by Gasteiger charge is -2.17. The average molecular weight is 222 g/mol. The first-order chi connectivity index (χ1) is 7.31. The molecule has 2 rings (SSSR count). The molecule has 1 fully saturated rings. The Morgan fingerprint density at radius 1 is 1.40 bits per heavy atom. The molecular weight excluding hydrogens is 208 g/mol. The van der Waals surface area contributed by atoms with Crippen molar-refractivity contribution in [1.29, 1.82) is 0 Å². The summed E-state index contributed by atoms with van der Waals surface area (Å²) in [6.07, 6.45) is 2.16. The minimum absolute atomic E-state index is 0.000556. The molecule has 0 amide bonds. The van der Waals surface area contributed by atoms with Gasteiger partial charge in [0, 0.05) is 5.92 Å². The number of phenols is 1. The highest BCUT2D eigenvalue weighted by atomic mass is 32.2. The van der Waals surface area contributed by atoms with Gasteiger partial charge in [-0.15, -0.1) is 0 Å². The molecule has 1 N–H and O–H groups in total. The van der Waals surface area contributed by atoms with Gasteiger partial charge in [-0.25, -0.2) is 0 Å². The molecule has 2 unspecified atom stereocenters. The van der Waals surface area contributed by atoms with Crippen LogP contribution in [0.5, 0.6) is 5.75 Å². The van der Waals surface area contributed by atoms with Crippen LogP contribution >= 0.6 is 11.8 Å². The van der Waals surface area contributed by atoms with Crippen molar-refractivity contribution in [3.05, 3.63) is 29.8 Å². The topological polar surface area (TPSA) is 37.3 Å². The van der Waals surface area contributed by atoms with E-state index in [9.17, 15) is 9.90 Å². The van der Waals surface area contributed by atoms with Gasteiger partial charge in [-0.05, 0) is 41.5 Å². The van der Waals surface area contributed by atoms with Crippen molar-refractivity contribution in [2.24, 2.45) is 5.92 Å². The van der Waals surface area contributed by atoms with Crippen LogP contribution in [0.15, 0.2) is 24.3 Å². The molecule has 0 aliphatic carbocycles. The number of aromatic hydroxyl groups is 1. The van der Waals surface area contributed by atoms with E-state index < -0.39 is 0 Å². The van der Waals surface area contributed by atoms with E-state index in [4.69, 9.17) is 0 Å². The summed E-state index contributed by atoms with van der Waals surface area (Å²) in [5.74, 6) is 2.96. The first kappa shape index (κ1) is 10.6. The molecule has 0 saturated carbocycles. The number of rotatable bonds is 3. The second-order valence-electron chi connectivity index (χ2n) is 3.88. The Kier molecular flexibility index (Phi) is 3.31. The lowest BCUT2D eigenvalue weighted by Crippen LogP contribution is -2.13. The van der Waals surface area contributed by atoms with Crippen LogP contribution in [0.1, 0.15) is 17.9 Å². The molecule has 2 nitrogen and oxygen atoms in total. The lowest BCUT2D eigenvalue weighted by molar-refractivity contribution is -0.109. The molecule has 15 heavy (non-hydrogen) atoms. The summed E-state index contributed by atoms with van der Waals surface area (Å²) in [5.41, 5.74) is 1.02. The van der Waals surface area contributed by atoms with Crippen LogP contribution in [-0.4, -0.2) is 22.9 Å². The van der Waals surface area contributed by atoms with Gasteiger partial charge in [0.25, 0.3) is 0 Å². The summed E-state index contributed by atoms with van der Waals surface area (Å²) in [7, 11) is 0. The van der Waals surface area contributed by atoms with Crippen LogP contribution in [0.25, 0.3) is 0 Å². The second kappa shape index (κ2) is 4.71. The Balaban J connectivity index is 2.18. The van der Waals surface area contributed by atoms with Crippen LogP contribution in [-0.2, 0) is 4.79 Å². The van der Waals surface area contributed by atoms with E-state index in [1.165, 1.54) is 0 Å². The number of hydrogen-bond donors (Lipinski definition) is 1. The van der Waals surface area contributed by atoms with Crippen molar-refractivity contribution >= 4 is 18.0 Å². The maximum Gasteiger partial charge on any atom is 0.127 e. The fraction of sp³-hybridized carbons (Fsp3) is 0.417. The fourth-order valence-corrected chi connectivity index (χ4v) is 3.31. The van der Waals surface area contributed by atoms with E-state index in [1.807, 2.05) is 23.9 Å². The van der Waals surface area contributed by atoms with E-state index in [0.717, 1.165) is 29.8 Å². The van der Waals surface area contributed by atoms with Crippen molar-refractivity contribution in [3.63, 3.8) is 0 Å². The highest BCUT2D eigenvalue weighted by molar-refractivity contribution is 7.99. The van der Waals surface area contributed by atoms with Gasteiger partial charge in [-0.1, -0.05) is 12.1 Å². The van der Waals surface area contributed by atoms with E-state index in [2.05, 4.69) is 0 Å². The van der Waals surface area contributed by atoms with E-state index >= 15 is 0 Å². The van der Waals surface area contributed by atoms with E-state index in [1.54, 1.807) is 12.1 Å². The summed E-state index contributed by atoms with van der Waals surface area (Å²) in [5, 5.41) is 9.18. The van der Waals surface area contributed by atoms with Crippen LogP contribution in [0.4, 0.5) is 0 Å². The smallest absolute Gasteiger partial charge is 0.127 e. The number of hydrogen-bond acceptors (Lipinski definition) is 3. The molecular formula is C12H14O2S. The van der Waals surface area contributed by atoms with Crippen LogP contribution in [0.2, 0.25) is 0 Å². The molecule has 2 atom stereocenters. The van der Waals surface area contributed by atoms with Gasteiger partial charge in [-0.2, -0.15) is 11.8 Å². The Labute approximate surface area is 93.7 Å². The first-order valence-corrected chi connectivity index (χ1v) is 6.28. The maximum atomic E-state index is 11.1. The Hall–Kier alpha value is -0.960. The molecule has 1 aromatic rings. The predicted molar refractivity (Wildman–Crippen MR) is 62.3 cm³/mol. The van der Waals surface area contributed by atoms with Gasteiger partial charge in [-0.3, -0.25) is 0 Å². The molecule has 0 radical (unpaired) electrons. The molecule has 1 aliphatic rings. The number of carbonyl (C=O) groups excluding carboxylic acids is 1. The van der Waals surface area contributed by atoms with E-state index in [-0.39, 0.29) is 11.7 Å². The van der Waals surface area contributed by atoms with Crippen LogP contribution in [0.3, 0.4) is 0 Å². The minimum atomic E-state index is 0.000556. The largest absolute Gasteiger partial charge is 0.508 e. The highest BCUT2D eigenvalue weighted by Gasteiger charge is 2.26. The molecule has 0 aromatic heterocycles. The molecule has 1 aromatic carbocycles. The number of aldehydes is 1. The Bertz CT molecular complexity index is 328. The molecule has 1 saturated heterocycles. The van der Waals surface area contributed by atoms with Crippen LogP contribution in [0, 0.1) is 5.92 Å². The zero-order chi connectivity index (χ0) is 10.7. The highest BCUT2D eigenvalue weighted by Crippen LogP contribution is 2.34. The zero-order valence-corrected chi connectivity index (χ0v) is 9.24. The zero-order valence-electron chi connectivity index (χ0n) is 8.43. The average Bonchev–Trinajstić information content (AvgIpc) is 2.75. The first-order valence-electron chi connectivity index (χ1n) is 5.13. The van der Waals surface area contributed by atoms with Gasteiger partial charge in [0.05, 0.1) is 0 Å². The SMILES string of the molecule is O=CC(c1ccc(O)cc1)C1CCSC1. The molecule has 3 heteroatoms. The van der Waals surface area contributed by atoms with Crippen molar-refractivity contribution in [3.8, 4) is 5.75 Å². The lowest BCUT2D eigenvalue weighted by atomic mass is 9.87. The number of thioether (sulfide) groups is 1. The third kappa shape index (κ3) is 2.34. The molecule has 0 bridgehead atoms. The second-order valence-corrected chi connectivity index (χ2v) is 5.03. The number of benzene rings is 1. The van der Waals surface area contributed by atoms with Crippen molar-refractivity contribution < 1.29 is 9.90 Å². The third-order valence-electron chi connectivity index (χ3n) is 2.90. The standard InChI is InChI=1S/C12H14O2S/c13-7-12(10-5-6-15-8-10)9-1-3-11(14)4-2-9/h1-4,7,10,12,14H,5-6,8H2. The van der Waals surface area contributed by atoms with Crippen molar-refractivity contribution in [2.45, 2.75) is 12.3 Å². The van der Waals surface area contributed by atoms with E-state index in [0.29, 0.717) is 5.92 Å². The summed E-state index contributed by atoms with van der Waals surface area (Å²) in [4.78, 5) is 11.1. The van der Waals surface area contributed by atoms with Crippen molar-refractivity contribution in [1.82, 2.24) is 0 Å². The maximum absolute atomic E-state index is 11.1. The summed E-state index contributed by atoms with van der Waals surface area (Å²) >= 11 is 1.92. The Morgan fingerprint density at radius 3 is 2.67 bits per heavy atom. The molecule has 80 valence electrons. The summed E-state index contributed by atoms with van der Waals surface area (Å²) in [6.45, 7) is 0. The minimum Gasteiger partial charge on any atom is -0.508 e. The van der Waals surface area contributed by atoms with Gasteiger partial charge >= 0.3 is 0 Å². The number of carbonyl (C=O) groups is 1. The predicted octanol–water partition coefficient (Wildman–Crippen LogP) is 2.43. The third-order valence-corrected chi connectivity index (χ3v) is 4.09. The summed E-state index contributed by atoms with van der Waals surface area (Å²) < 4.78 is 0. The van der Waals surface area contributed by atoms with Gasteiger partial charge < -0.3 is 9.90 Å². The quantitative estimate of drug-likeness (QED) is 0.798. The molecule has 1 heterocycles. The van der Waals surface area contributed by atoms with Gasteiger partial charge in [0.1, 0.15) is 12.0 Å². The van der Waals surface area contributed by atoms with Crippen molar-refractivity contribution in [2.75, 3.05) is 11.5 Å². The van der Waals surface area contributed by atoms with Gasteiger partial charge in [0.15, 0.2) is 0 Å². The Morgan fingerprint density at radius 2 is 2.13 bits per heavy atom. The molecule has 1 aliphatic heterocycles. The number of phenolic OH excluding ortho intramolecular Hbond substituents is 1. The normalized spacial score (nSPS) is 22.5. The van der Waals surface area contributed by atoms with Crippen LogP contribution < -0.4 is 0 Å². The molecule has 0 spiro atoms. The summed E-state index contributed by atoms with van der Waals surface area (Å²) in [6, 6.07) is 6.98. The monoisotopic (exact) mass is 222 g/mol.